The predicted octanol–water partition coefficient (Wildman–Crippen LogP) is 4.92. The third-order valence-corrected chi connectivity index (χ3v) is 3.87. The zero-order valence-electron chi connectivity index (χ0n) is 11.6. The molecule has 1 aliphatic rings. The first-order valence-electron chi connectivity index (χ1n) is 6.82. The zero-order valence-corrected chi connectivity index (χ0v) is 11.6. The summed E-state index contributed by atoms with van der Waals surface area (Å²) in [5.41, 5.74) is -1.03. The van der Waals surface area contributed by atoms with Crippen LogP contribution in [0.15, 0.2) is 12.1 Å². The van der Waals surface area contributed by atoms with Crippen molar-refractivity contribution in [3.63, 3.8) is 0 Å². The molecule has 5 heteroatoms. The van der Waals surface area contributed by atoms with Crippen LogP contribution in [0, 0.1) is 24.5 Å². The van der Waals surface area contributed by atoms with Gasteiger partial charge in [0.15, 0.2) is 11.6 Å². The molecule has 0 aliphatic heterocycles. The van der Waals surface area contributed by atoms with Gasteiger partial charge < -0.3 is 4.74 Å². The zero-order chi connectivity index (χ0) is 14.9. The molecular formula is C15H18F4O. The molecule has 0 saturated heterocycles. The predicted molar refractivity (Wildman–Crippen MR) is 67.5 cm³/mol. The Morgan fingerprint density at radius 1 is 1.05 bits per heavy atom. The Labute approximate surface area is 115 Å². The second-order valence-electron chi connectivity index (χ2n) is 5.57. The molecule has 0 amide bonds. The van der Waals surface area contributed by atoms with Crippen molar-refractivity contribution in [2.45, 2.75) is 51.7 Å². The van der Waals surface area contributed by atoms with E-state index in [4.69, 9.17) is 4.74 Å². The molecule has 0 spiro atoms. The number of rotatable bonds is 3. The lowest BCUT2D eigenvalue weighted by Crippen LogP contribution is -2.30. The first-order chi connectivity index (χ1) is 9.31. The molecule has 0 bridgehead atoms. The average Bonchev–Trinajstić information content (AvgIpc) is 2.38. The fourth-order valence-corrected chi connectivity index (χ4v) is 2.49. The van der Waals surface area contributed by atoms with Gasteiger partial charge in [-0.3, -0.25) is 0 Å². The molecule has 0 unspecified atom stereocenters. The van der Waals surface area contributed by atoms with E-state index in [0.29, 0.717) is 18.8 Å². The highest BCUT2D eigenvalue weighted by Gasteiger charge is 2.40. The molecule has 1 aromatic rings. The summed E-state index contributed by atoms with van der Waals surface area (Å²) in [6.45, 7) is 3.38. The minimum atomic E-state index is -3.80. The van der Waals surface area contributed by atoms with Crippen LogP contribution in [0.25, 0.3) is 0 Å². The average molecular weight is 290 g/mol. The number of aryl methyl sites for hydroxylation is 1. The van der Waals surface area contributed by atoms with Gasteiger partial charge in [0.25, 0.3) is 0 Å². The summed E-state index contributed by atoms with van der Waals surface area (Å²) in [5, 5.41) is 0. The summed E-state index contributed by atoms with van der Waals surface area (Å²) < 4.78 is 59.7. The van der Waals surface area contributed by atoms with Crippen molar-refractivity contribution in [3.8, 4) is 0 Å². The molecular weight excluding hydrogens is 272 g/mol. The molecule has 0 heterocycles. The van der Waals surface area contributed by atoms with Gasteiger partial charge in [0, 0.05) is 0 Å². The number of hydrogen-bond acceptors (Lipinski definition) is 1. The molecule has 0 N–H and O–H groups in total. The smallest absolute Gasteiger partial charge is 0.313 e. The number of benzene rings is 1. The molecule has 0 atom stereocenters. The summed E-state index contributed by atoms with van der Waals surface area (Å²) in [4.78, 5) is 0. The van der Waals surface area contributed by atoms with Crippen LogP contribution in [0.1, 0.15) is 43.7 Å². The van der Waals surface area contributed by atoms with Crippen molar-refractivity contribution in [2.75, 3.05) is 0 Å². The van der Waals surface area contributed by atoms with Crippen LogP contribution in [0.2, 0.25) is 0 Å². The van der Waals surface area contributed by atoms with Gasteiger partial charge in [-0.15, -0.1) is 0 Å². The maximum Gasteiger partial charge on any atom is 0.386 e. The van der Waals surface area contributed by atoms with Crippen LogP contribution in [0.4, 0.5) is 17.6 Å². The van der Waals surface area contributed by atoms with E-state index in [1.54, 1.807) is 0 Å². The van der Waals surface area contributed by atoms with E-state index in [9.17, 15) is 17.6 Å². The SMILES string of the molecule is Cc1ccc(C(F)(F)OC2CCC(C)CC2)c(F)c1F. The molecule has 1 nitrogen and oxygen atoms in total. The Kier molecular flexibility index (Phi) is 4.37. The minimum Gasteiger partial charge on any atom is -0.313 e. The first-order valence-corrected chi connectivity index (χ1v) is 6.82. The Morgan fingerprint density at radius 3 is 2.25 bits per heavy atom. The van der Waals surface area contributed by atoms with Crippen LogP contribution >= 0.6 is 0 Å². The highest BCUT2D eigenvalue weighted by molar-refractivity contribution is 5.27. The summed E-state index contributed by atoms with van der Waals surface area (Å²) in [5.74, 6) is -2.28. The van der Waals surface area contributed by atoms with E-state index in [2.05, 4.69) is 6.92 Å². The maximum absolute atomic E-state index is 14.0. The standard InChI is InChI=1S/C15H18F4O/c1-9-3-6-11(7-4-9)20-15(18,19)12-8-5-10(2)13(16)14(12)17/h5,8-9,11H,3-4,6-7H2,1-2H3. The molecule has 0 radical (unpaired) electrons. The largest absolute Gasteiger partial charge is 0.386 e. The summed E-state index contributed by atoms with van der Waals surface area (Å²) in [7, 11) is 0. The van der Waals surface area contributed by atoms with Gasteiger partial charge in [0.1, 0.15) is 0 Å². The first kappa shape index (κ1) is 15.3. The van der Waals surface area contributed by atoms with E-state index in [1.165, 1.54) is 6.92 Å². The Bertz CT molecular complexity index is 479. The van der Waals surface area contributed by atoms with Crippen LogP contribution in [0.3, 0.4) is 0 Å². The lowest BCUT2D eigenvalue weighted by molar-refractivity contribution is -0.279. The molecule has 1 aliphatic carbocycles. The number of hydrogen-bond donors (Lipinski definition) is 0. The third-order valence-electron chi connectivity index (χ3n) is 3.87. The molecule has 112 valence electrons. The van der Waals surface area contributed by atoms with Crippen molar-refractivity contribution in [1.82, 2.24) is 0 Å². The second-order valence-corrected chi connectivity index (χ2v) is 5.57. The third kappa shape index (κ3) is 3.14. The van der Waals surface area contributed by atoms with Gasteiger partial charge in [0.2, 0.25) is 0 Å². The van der Waals surface area contributed by atoms with Crippen molar-refractivity contribution in [2.24, 2.45) is 5.92 Å². The number of alkyl halides is 2. The van der Waals surface area contributed by atoms with Gasteiger partial charge in [-0.25, -0.2) is 8.78 Å². The van der Waals surface area contributed by atoms with E-state index < -0.39 is 29.4 Å². The Morgan fingerprint density at radius 2 is 1.65 bits per heavy atom. The summed E-state index contributed by atoms with van der Waals surface area (Å²) >= 11 is 0. The topological polar surface area (TPSA) is 9.23 Å². The Hall–Kier alpha value is -1.10. The highest BCUT2D eigenvalue weighted by Crippen LogP contribution is 2.37. The van der Waals surface area contributed by atoms with Crippen molar-refractivity contribution in [3.05, 3.63) is 34.9 Å². The maximum atomic E-state index is 14.0. The van der Waals surface area contributed by atoms with Gasteiger partial charge in [-0.2, -0.15) is 8.78 Å². The van der Waals surface area contributed by atoms with Gasteiger partial charge in [-0.05, 0) is 50.2 Å². The summed E-state index contributed by atoms with van der Waals surface area (Å²) in [6.07, 6.45) is -1.75. The number of ether oxygens (including phenoxy) is 1. The summed E-state index contributed by atoms with van der Waals surface area (Å²) in [6, 6.07) is 2.02. The van der Waals surface area contributed by atoms with Crippen molar-refractivity contribution < 1.29 is 22.3 Å². The fraction of sp³-hybridized carbons (Fsp3) is 0.600. The molecule has 1 aromatic carbocycles. The van der Waals surface area contributed by atoms with Crippen LogP contribution < -0.4 is 0 Å². The minimum absolute atomic E-state index is 0.00598. The monoisotopic (exact) mass is 290 g/mol. The van der Waals surface area contributed by atoms with E-state index in [1.807, 2.05) is 0 Å². The second kappa shape index (κ2) is 5.72. The van der Waals surface area contributed by atoms with Crippen LogP contribution in [0.5, 0.6) is 0 Å². The quantitative estimate of drug-likeness (QED) is 0.718. The number of halogens is 4. The molecule has 2 rings (SSSR count). The van der Waals surface area contributed by atoms with Crippen molar-refractivity contribution >= 4 is 0 Å². The highest BCUT2D eigenvalue weighted by atomic mass is 19.3. The van der Waals surface area contributed by atoms with Gasteiger partial charge in [-0.1, -0.05) is 13.0 Å². The Balaban J connectivity index is 2.16. The normalized spacial score (nSPS) is 23.9. The van der Waals surface area contributed by atoms with Crippen LogP contribution in [-0.2, 0) is 10.8 Å². The lowest BCUT2D eigenvalue weighted by Gasteiger charge is -2.30. The molecule has 1 fully saturated rings. The van der Waals surface area contributed by atoms with Crippen molar-refractivity contribution in [1.29, 1.82) is 0 Å². The molecule has 0 aromatic heterocycles. The lowest BCUT2D eigenvalue weighted by atomic mass is 9.89. The van der Waals surface area contributed by atoms with E-state index in [0.717, 1.165) is 25.0 Å². The fourth-order valence-electron chi connectivity index (χ4n) is 2.49. The van der Waals surface area contributed by atoms with E-state index in [-0.39, 0.29) is 5.56 Å². The molecule has 1 saturated carbocycles. The van der Waals surface area contributed by atoms with Gasteiger partial charge in [0.05, 0.1) is 11.7 Å². The molecule has 20 heavy (non-hydrogen) atoms. The van der Waals surface area contributed by atoms with E-state index >= 15 is 0 Å². The van der Waals surface area contributed by atoms with Crippen LogP contribution in [-0.4, -0.2) is 6.10 Å². The van der Waals surface area contributed by atoms with Gasteiger partial charge >= 0.3 is 6.11 Å².